The minimum absolute atomic E-state index is 0.335. The Bertz CT molecular complexity index is 680. The highest BCUT2D eigenvalue weighted by atomic mass is 16.4. The van der Waals surface area contributed by atoms with Crippen molar-refractivity contribution in [1.82, 2.24) is 14.8 Å². The average molecular weight is 254 g/mol. The molecule has 0 amide bonds. The summed E-state index contributed by atoms with van der Waals surface area (Å²) in [4.78, 5) is 14.9. The number of pyridine rings is 1. The largest absolute Gasteiger partial charge is 0.477 e. The molecule has 0 fully saturated rings. The number of aromatic nitrogens is 3. The number of carboxylic acid groups (broad SMARTS) is 1. The summed E-state index contributed by atoms with van der Waals surface area (Å²) < 4.78 is 1.56. The SMILES string of the molecule is Cn1cc(C=C(C#N)C(=O)O)c(-c2cccnc2)n1. The van der Waals surface area contributed by atoms with Crippen LogP contribution in [-0.4, -0.2) is 25.8 Å². The highest BCUT2D eigenvalue weighted by Gasteiger charge is 2.12. The van der Waals surface area contributed by atoms with Gasteiger partial charge in [-0.25, -0.2) is 4.79 Å². The zero-order valence-corrected chi connectivity index (χ0v) is 10.1. The lowest BCUT2D eigenvalue weighted by Gasteiger charge is -1.97. The van der Waals surface area contributed by atoms with Gasteiger partial charge in [-0.3, -0.25) is 9.67 Å². The number of nitriles is 1. The molecule has 0 aliphatic carbocycles. The summed E-state index contributed by atoms with van der Waals surface area (Å²) >= 11 is 0. The molecular weight excluding hydrogens is 244 g/mol. The van der Waals surface area contributed by atoms with Crippen molar-refractivity contribution in [2.75, 3.05) is 0 Å². The Hall–Kier alpha value is -2.94. The highest BCUT2D eigenvalue weighted by Crippen LogP contribution is 2.22. The Morgan fingerprint density at radius 2 is 2.37 bits per heavy atom. The Morgan fingerprint density at radius 1 is 1.58 bits per heavy atom. The number of hydrogen-bond acceptors (Lipinski definition) is 4. The van der Waals surface area contributed by atoms with Gasteiger partial charge < -0.3 is 5.11 Å². The predicted octanol–water partition coefficient (Wildman–Crippen LogP) is 1.47. The summed E-state index contributed by atoms with van der Waals surface area (Å²) in [6, 6.07) is 5.23. The Labute approximate surface area is 109 Å². The highest BCUT2D eigenvalue weighted by molar-refractivity contribution is 5.97. The normalized spacial score (nSPS) is 11.1. The first-order valence-electron chi connectivity index (χ1n) is 5.41. The van der Waals surface area contributed by atoms with Crippen LogP contribution in [0.3, 0.4) is 0 Å². The van der Waals surface area contributed by atoms with Crippen molar-refractivity contribution in [3.8, 4) is 17.3 Å². The lowest BCUT2D eigenvalue weighted by molar-refractivity contribution is -0.132. The van der Waals surface area contributed by atoms with Crippen LogP contribution >= 0.6 is 0 Å². The first-order valence-corrected chi connectivity index (χ1v) is 5.41. The van der Waals surface area contributed by atoms with E-state index in [9.17, 15) is 4.79 Å². The number of carbonyl (C=O) groups is 1. The molecular formula is C13H10N4O2. The van der Waals surface area contributed by atoms with Crippen molar-refractivity contribution in [2.45, 2.75) is 0 Å². The average Bonchev–Trinajstić information content (AvgIpc) is 2.77. The second-order valence-electron chi connectivity index (χ2n) is 3.82. The quantitative estimate of drug-likeness (QED) is 0.661. The lowest BCUT2D eigenvalue weighted by atomic mass is 10.1. The second kappa shape index (κ2) is 5.14. The molecule has 0 unspecified atom stereocenters. The standard InChI is InChI=1S/C13H10N4O2/c1-17-8-11(5-10(6-14)13(18)19)12(16-17)9-3-2-4-15-7-9/h2-5,7-8H,1H3,(H,18,19). The van der Waals surface area contributed by atoms with E-state index in [-0.39, 0.29) is 5.57 Å². The number of rotatable bonds is 3. The number of nitrogens with zero attached hydrogens (tertiary/aromatic N) is 4. The molecule has 6 heteroatoms. The van der Waals surface area contributed by atoms with E-state index in [1.165, 1.54) is 6.08 Å². The van der Waals surface area contributed by atoms with Gasteiger partial charge in [0.25, 0.3) is 0 Å². The van der Waals surface area contributed by atoms with E-state index < -0.39 is 5.97 Å². The van der Waals surface area contributed by atoms with Gasteiger partial charge >= 0.3 is 5.97 Å². The van der Waals surface area contributed by atoms with Gasteiger partial charge in [-0.2, -0.15) is 10.4 Å². The van der Waals surface area contributed by atoms with Crippen LogP contribution in [0.4, 0.5) is 0 Å². The van der Waals surface area contributed by atoms with E-state index in [4.69, 9.17) is 10.4 Å². The Kier molecular flexibility index (Phi) is 3.39. The van der Waals surface area contributed by atoms with Crippen LogP contribution in [0.25, 0.3) is 17.3 Å². The molecule has 2 heterocycles. The van der Waals surface area contributed by atoms with E-state index >= 15 is 0 Å². The van der Waals surface area contributed by atoms with Crippen molar-refractivity contribution < 1.29 is 9.90 Å². The maximum atomic E-state index is 10.9. The molecule has 0 bridgehead atoms. The summed E-state index contributed by atoms with van der Waals surface area (Å²) in [6.45, 7) is 0. The van der Waals surface area contributed by atoms with Crippen LogP contribution in [0.2, 0.25) is 0 Å². The number of aryl methyl sites for hydroxylation is 1. The third kappa shape index (κ3) is 2.66. The molecule has 0 spiro atoms. The van der Waals surface area contributed by atoms with Crippen molar-refractivity contribution in [1.29, 1.82) is 5.26 Å². The maximum Gasteiger partial charge on any atom is 0.346 e. The second-order valence-corrected chi connectivity index (χ2v) is 3.82. The molecule has 19 heavy (non-hydrogen) atoms. The Morgan fingerprint density at radius 3 is 2.95 bits per heavy atom. The number of aliphatic carboxylic acids is 1. The molecule has 94 valence electrons. The molecule has 0 aliphatic rings. The molecule has 0 radical (unpaired) electrons. The minimum Gasteiger partial charge on any atom is -0.477 e. The smallest absolute Gasteiger partial charge is 0.346 e. The van der Waals surface area contributed by atoms with Crippen molar-refractivity contribution in [2.24, 2.45) is 7.05 Å². The minimum atomic E-state index is -1.26. The lowest BCUT2D eigenvalue weighted by Crippen LogP contribution is -1.97. The van der Waals surface area contributed by atoms with Gasteiger partial charge in [0.2, 0.25) is 0 Å². The van der Waals surface area contributed by atoms with Crippen LogP contribution in [0.1, 0.15) is 5.56 Å². The zero-order chi connectivity index (χ0) is 13.8. The zero-order valence-electron chi connectivity index (χ0n) is 10.1. The van der Waals surface area contributed by atoms with Gasteiger partial charge in [0, 0.05) is 36.8 Å². The van der Waals surface area contributed by atoms with Gasteiger partial charge in [0.1, 0.15) is 17.3 Å². The molecule has 0 saturated heterocycles. The van der Waals surface area contributed by atoms with Gasteiger partial charge in [0.15, 0.2) is 0 Å². The molecule has 0 saturated carbocycles. The van der Waals surface area contributed by atoms with Crippen LogP contribution in [-0.2, 0) is 11.8 Å². The summed E-state index contributed by atoms with van der Waals surface area (Å²) in [5.41, 5.74) is 1.58. The van der Waals surface area contributed by atoms with Crippen molar-refractivity contribution in [3.63, 3.8) is 0 Å². The van der Waals surface area contributed by atoms with Crippen LogP contribution in [0.5, 0.6) is 0 Å². The third-order valence-corrected chi connectivity index (χ3v) is 2.44. The molecule has 2 aromatic rings. The summed E-state index contributed by atoms with van der Waals surface area (Å²) in [6.07, 6.45) is 6.23. The van der Waals surface area contributed by atoms with E-state index in [0.717, 1.165) is 5.56 Å². The van der Waals surface area contributed by atoms with Gasteiger partial charge in [-0.05, 0) is 18.2 Å². The van der Waals surface area contributed by atoms with E-state index in [0.29, 0.717) is 11.3 Å². The fourth-order valence-corrected chi connectivity index (χ4v) is 1.64. The first-order chi connectivity index (χ1) is 9.11. The molecule has 0 aliphatic heterocycles. The van der Waals surface area contributed by atoms with Gasteiger partial charge in [0.05, 0.1) is 0 Å². The number of carboxylic acids is 1. The fourth-order valence-electron chi connectivity index (χ4n) is 1.64. The third-order valence-electron chi connectivity index (χ3n) is 2.44. The Balaban J connectivity index is 2.55. The number of hydrogen-bond donors (Lipinski definition) is 1. The van der Waals surface area contributed by atoms with E-state index in [1.54, 1.807) is 42.5 Å². The molecule has 1 N–H and O–H groups in total. The fraction of sp³-hybridized carbons (Fsp3) is 0.0769. The molecule has 0 atom stereocenters. The van der Waals surface area contributed by atoms with Crippen LogP contribution < -0.4 is 0 Å². The monoisotopic (exact) mass is 254 g/mol. The summed E-state index contributed by atoms with van der Waals surface area (Å²) in [7, 11) is 1.73. The van der Waals surface area contributed by atoms with Gasteiger partial charge in [-0.1, -0.05) is 0 Å². The summed E-state index contributed by atoms with van der Waals surface area (Å²) in [5.74, 6) is -1.26. The predicted molar refractivity (Wildman–Crippen MR) is 67.7 cm³/mol. The molecule has 2 aromatic heterocycles. The molecule has 2 rings (SSSR count). The topological polar surface area (TPSA) is 91.8 Å². The molecule has 6 nitrogen and oxygen atoms in total. The van der Waals surface area contributed by atoms with E-state index in [2.05, 4.69) is 10.1 Å². The van der Waals surface area contributed by atoms with Gasteiger partial charge in [-0.15, -0.1) is 0 Å². The van der Waals surface area contributed by atoms with E-state index in [1.807, 2.05) is 6.07 Å². The maximum absolute atomic E-state index is 10.9. The van der Waals surface area contributed by atoms with Crippen LogP contribution in [0.15, 0.2) is 36.3 Å². The molecule has 0 aromatic carbocycles. The summed E-state index contributed by atoms with van der Waals surface area (Å²) in [5, 5.41) is 21.9. The van der Waals surface area contributed by atoms with Crippen LogP contribution in [0, 0.1) is 11.3 Å². The first kappa shape index (κ1) is 12.5. The van der Waals surface area contributed by atoms with Crippen molar-refractivity contribution >= 4 is 12.0 Å². The van der Waals surface area contributed by atoms with Crippen molar-refractivity contribution in [3.05, 3.63) is 41.9 Å².